The number of nitrogens with zero attached hydrogens (tertiary/aromatic N) is 1. The van der Waals surface area contributed by atoms with Crippen molar-refractivity contribution in [1.82, 2.24) is 4.98 Å². The van der Waals surface area contributed by atoms with Gasteiger partial charge in [0.25, 0.3) is 5.91 Å². The number of anilines is 1. The fourth-order valence-electron chi connectivity index (χ4n) is 2.97. The Labute approximate surface area is 165 Å². The lowest BCUT2D eigenvalue weighted by Crippen LogP contribution is -2.12. The lowest BCUT2D eigenvalue weighted by molar-refractivity contribution is -0.132. The molecular formula is C22H16N2O5. The second kappa shape index (κ2) is 7.47. The van der Waals surface area contributed by atoms with E-state index in [4.69, 9.17) is 9.15 Å². The number of furan rings is 1. The molecule has 0 saturated heterocycles. The van der Waals surface area contributed by atoms with Gasteiger partial charge in [0.15, 0.2) is 5.76 Å². The molecule has 2 aromatic carbocycles. The van der Waals surface area contributed by atoms with Crippen LogP contribution in [0.15, 0.2) is 71.3 Å². The lowest BCUT2D eigenvalue weighted by Gasteiger charge is -2.04. The molecule has 0 fully saturated rings. The minimum absolute atomic E-state index is 0.0585. The molecule has 7 nitrogen and oxygen atoms in total. The van der Waals surface area contributed by atoms with Crippen molar-refractivity contribution >= 4 is 28.7 Å². The van der Waals surface area contributed by atoms with Gasteiger partial charge in [-0.05, 0) is 24.3 Å². The molecule has 4 rings (SSSR count). The Hall–Kier alpha value is -4.13. The van der Waals surface area contributed by atoms with Crippen molar-refractivity contribution in [2.45, 2.75) is 6.92 Å². The Kier molecular flexibility index (Phi) is 4.70. The van der Waals surface area contributed by atoms with Crippen LogP contribution in [0.1, 0.15) is 17.3 Å². The molecule has 29 heavy (non-hydrogen) atoms. The molecule has 0 atom stereocenters. The highest BCUT2D eigenvalue weighted by molar-refractivity contribution is 6.05. The summed E-state index contributed by atoms with van der Waals surface area (Å²) in [5, 5.41) is 14.0. The van der Waals surface area contributed by atoms with Gasteiger partial charge in [-0.2, -0.15) is 0 Å². The van der Waals surface area contributed by atoms with Crippen LogP contribution >= 0.6 is 0 Å². The van der Waals surface area contributed by atoms with Crippen LogP contribution in [0.4, 0.5) is 5.88 Å². The van der Waals surface area contributed by atoms with E-state index in [0.717, 1.165) is 5.39 Å². The molecule has 0 spiro atoms. The molecule has 0 radical (unpaired) electrons. The molecule has 144 valence electrons. The largest absolute Gasteiger partial charge is 0.502 e. The van der Waals surface area contributed by atoms with Crippen molar-refractivity contribution in [2.24, 2.45) is 0 Å². The summed E-state index contributed by atoms with van der Waals surface area (Å²) in [6, 6.07) is 17.5. The number of aromatic hydroxyl groups is 1. The van der Waals surface area contributed by atoms with Crippen LogP contribution in [-0.2, 0) is 4.79 Å². The van der Waals surface area contributed by atoms with Crippen LogP contribution in [0.5, 0.6) is 11.5 Å². The molecule has 2 N–H and O–H groups in total. The minimum Gasteiger partial charge on any atom is -0.502 e. The standard InChI is InChI=1S/C22H16N2O5/c1-13(25)28-20-18(26)19(16-11-12-23-17-10-6-5-9-15(16)17)29-22(20)24-21(27)14-7-3-2-4-8-14/h2-12,26H,1H3,(H,24,27). The van der Waals surface area contributed by atoms with Crippen molar-refractivity contribution in [3.05, 3.63) is 72.4 Å². The van der Waals surface area contributed by atoms with E-state index in [0.29, 0.717) is 16.6 Å². The number of hydrogen-bond acceptors (Lipinski definition) is 6. The maximum Gasteiger partial charge on any atom is 0.308 e. The van der Waals surface area contributed by atoms with E-state index in [1.165, 1.54) is 6.92 Å². The third-order valence-electron chi connectivity index (χ3n) is 4.24. The van der Waals surface area contributed by atoms with E-state index in [2.05, 4.69) is 10.3 Å². The number of carbonyl (C=O) groups excluding carboxylic acids is 2. The summed E-state index contributed by atoms with van der Waals surface area (Å²) in [5.41, 5.74) is 1.62. The maximum atomic E-state index is 12.5. The number of nitrogens with one attached hydrogen (secondary N) is 1. The first-order valence-corrected chi connectivity index (χ1v) is 8.79. The predicted octanol–water partition coefficient (Wildman–Crippen LogP) is 4.38. The van der Waals surface area contributed by atoms with Gasteiger partial charge in [-0.1, -0.05) is 36.4 Å². The first-order chi connectivity index (χ1) is 14.0. The number of amides is 1. The van der Waals surface area contributed by atoms with Crippen LogP contribution in [0.2, 0.25) is 0 Å². The molecule has 0 unspecified atom stereocenters. The number of ether oxygens (including phenoxy) is 1. The Morgan fingerprint density at radius 2 is 1.76 bits per heavy atom. The first kappa shape index (κ1) is 18.2. The summed E-state index contributed by atoms with van der Waals surface area (Å²) in [5.74, 6) is -1.88. The summed E-state index contributed by atoms with van der Waals surface area (Å²) in [6.45, 7) is 1.19. The molecule has 0 aliphatic carbocycles. The number of hydrogen-bond donors (Lipinski definition) is 2. The monoisotopic (exact) mass is 388 g/mol. The van der Waals surface area contributed by atoms with E-state index in [9.17, 15) is 14.7 Å². The number of fused-ring (bicyclic) bond motifs is 1. The van der Waals surface area contributed by atoms with Gasteiger partial charge in [0.2, 0.25) is 17.4 Å². The molecular weight excluding hydrogens is 372 g/mol. The van der Waals surface area contributed by atoms with Crippen LogP contribution < -0.4 is 10.1 Å². The minimum atomic E-state index is -0.664. The summed E-state index contributed by atoms with van der Waals surface area (Å²) >= 11 is 0. The molecule has 2 aromatic heterocycles. The highest BCUT2D eigenvalue weighted by Gasteiger charge is 2.26. The maximum absolute atomic E-state index is 12.5. The van der Waals surface area contributed by atoms with Crippen molar-refractivity contribution in [2.75, 3.05) is 5.32 Å². The Morgan fingerprint density at radius 3 is 2.52 bits per heavy atom. The highest BCUT2D eigenvalue weighted by atomic mass is 16.6. The third kappa shape index (κ3) is 3.53. The lowest BCUT2D eigenvalue weighted by atomic mass is 10.1. The Morgan fingerprint density at radius 1 is 1.03 bits per heavy atom. The zero-order valence-electron chi connectivity index (χ0n) is 15.4. The summed E-state index contributed by atoms with van der Waals surface area (Å²) in [6.07, 6.45) is 1.58. The number of benzene rings is 2. The highest BCUT2D eigenvalue weighted by Crippen LogP contribution is 2.47. The van der Waals surface area contributed by atoms with Crippen molar-refractivity contribution < 1.29 is 23.8 Å². The molecule has 0 bridgehead atoms. The number of para-hydroxylation sites is 1. The molecule has 0 aliphatic heterocycles. The zero-order valence-corrected chi connectivity index (χ0v) is 15.4. The van der Waals surface area contributed by atoms with Crippen LogP contribution in [0.3, 0.4) is 0 Å². The summed E-state index contributed by atoms with van der Waals surface area (Å²) in [7, 11) is 0. The third-order valence-corrected chi connectivity index (χ3v) is 4.24. The molecule has 0 saturated carbocycles. The second-order valence-electron chi connectivity index (χ2n) is 6.23. The van der Waals surface area contributed by atoms with Gasteiger partial charge in [0.1, 0.15) is 0 Å². The summed E-state index contributed by atoms with van der Waals surface area (Å²) in [4.78, 5) is 28.3. The van der Waals surface area contributed by atoms with Gasteiger partial charge >= 0.3 is 5.97 Å². The molecule has 7 heteroatoms. The fraction of sp³-hybridized carbons (Fsp3) is 0.0455. The van der Waals surface area contributed by atoms with Gasteiger partial charge in [-0.3, -0.25) is 19.9 Å². The number of rotatable bonds is 4. The van der Waals surface area contributed by atoms with E-state index in [1.807, 2.05) is 24.3 Å². The molecule has 1 amide bonds. The molecule has 4 aromatic rings. The number of carbonyl (C=O) groups is 2. The van der Waals surface area contributed by atoms with E-state index < -0.39 is 11.9 Å². The van der Waals surface area contributed by atoms with E-state index in [1.54, 1.807) is 42.6 Å². The van der Waals surface area contributed by atoms with Crippen LogP contribution in [0.25, 0.3) is 22.2 Å². The summed E-state index contributed by atoms with van der Waals surface area (Å²) < 4.78 is 10.9. The SMILES string of the molecule is CC(=O)Oc1c(NC(=O)c2ccccc2)oc(-c2ccnc3ccccc23)c1O. The number of esters is 1. The van der Waals surface area contributed by atoms with Gasteiger partial charge in [0.05, 0.1) is 5.52 Å². The van der Waals surface area contributed by atoms with Gasteiger partial charge in [-0.15, -0.1) is 0 Å². The van der Waals surface area contributed by atoms with E-state index >= 15 is 0 Å². The van der Waals surface area contributed by atoms with Crippen molar-refractivity contribution in [3.8, 4) is 22.8 Å². The van der Waals surface area contributed by atoms with Gasteiger partial charge < -0.3 is 14.3 Å². The normalized spacial score (nSPS) is 10.7. The topological polar surface area (TPSA) is 102 Å². The van der Waals surface area contributed by atoms with E-state index in [-0.39, 0.29) is 23.1 Å². The fourth-order valence-corrected chi connectivity index (χ4v) is 2.97. The molecule has 2 heterocycles. The Bertz CT molecular complexity index is 1210. The first-order valence-electron chi connectivity index (χ1n) is 8.79. The van der Waals surface area contributed by atoms with Crippen molar-refractivity contribution in [1.29, 1.82) is 0 Å². The average molecular weight is 388 g/mol. The number of pyridine rings is 1. The zero-order chi connectivity index (χ0) is 20.4. The second-order valence-corrected chi connectivity index (χ2v) is 6.23. The number of aromatic nitrogens is 1. The average Bonchev–Trinajstić information content (AvgIpc) is 3.03. The van der Waals surface area contributed by atoms with Gasteiger partial charge in [-0.25, -0.2) is 0 Å². The Balaban J connectivity index is 1.82. The quantitative estimate of drug-likeness (QED) is 0.503. The van der Waals surface area contributed by atoms with Crippen LogP contribution in [0, 0.1) is 0 Å². The predicted molar refractivity (Wildman–Crippen MR) is 107 cm³/mol. The smallest absolute Gasteiger partial charge is 0.308 e. The van der Waals surface area contributed by atoms with Crippen molar-refractivity contribution in [3.63, 3.8) is 0 Å². The van der Waals surface area contributed by atoms with Crippen LogP contribution in [-0.4, -0.2) is 22.0 Å². The van der Waals surface area contributed by atoms with Gasteiger partial charge in [0, 0.05) is 29.6 Å². The molecule has 0 aliphatic rings.